The van der Waals surface area contributed by atoms with Crippen molar-refractivity contribution >= 4 is 32.6 Å². The third-order valence-corrected chi connectivity index (χ3v) is 5.31. The number of fused-ring (bicyclic) bond motifs is 2. The maximum atomic E-state index is 12.8. The zero-order valence-electron chi connectivity index (χ0n) is 13.8. The molecule has 0 bridgehead atoms. The minimum absolute atomic E-state index is 0.0585. The molecule has 0 unspecified atom stereocenters. The lowest BCUT2D eigenvalue weighted by Gasteiger charge is -2.26. The highest BCUT2D eigenvalue weighted by Crippen LogP contribution is 2.32. The van der Waals surface area contributed by atoms with Crippen LogP contribution in [0, 0.1) is 6.92 Å². The van der Waals surface area contributed by atoms with E-state index in [-0.39, 0.29) is 11.9 Å². The van der Waals surface area contributed by atoms with Crippen LogP contribution in [0.3, 0.4) is 0 Å². The van der Waals surface area contributed by atoms with Gasteiger partial charge in [-0.1, -0.05) is 46.3 Å². The number of aromatic nitrogens is 1. The number of ether oxygens (including phenoxy) is 1. The Bertz CT molecular complexity index is 971. The van der Waals surface area contributed by atoms with E-state index in [1.54, 1.807) is 6.20 Å². The molecule has 0 fully saturated rings. The molecule has 1 amide bonds. The number of amides is 1. The molecule has 1 aliphatic heterocycles. The highest BCUT2D eigenvalue weighted by molar-refractivity contribution is 9.10. The molecular weight excluding hydrogens is 380 g/mol. The van der Waals surface area contributed by atoms with Gasteiger partial charge in [0.2, 0.25) is 0 Å². The summed E-state index contributed by atoms with van der Waals surface area (Å²) in [6, 6.07) is 13.7. The van der Waals surface area contributed by atoms with E-state index in [9.17, 15) is 4.79 Å². The Morgan fingerprint density at radius 3 is 2.92 bits per heavy atom. The van der Waals surface area contributed by atoms with Crippen molar-refractivity contribution in [3.05, 3.63) is 70.0 Å². The number of halogens is 1. The zero-order chi connectivity index (χ0) is 17.4. The van der Waals surface area contributed by atoms with Gasteiger partial charge in [-0.05, 0) is 30.0 Å². The van der Waals surface area contributed by atoms with Crippen molar-refractivity contribution in [2.24, 2.45) is 0 Å². The third kappa shape index (κ3) is 2.89. The number of pyridine rings is 1. The molecule has 25 heavy (non-hydrogen) atoms. The van der Waals surface area contributed by atoms with Gasteiger partial charge in [0.1, 0.15) is 11.4 Å². The van der Waals surface area contributed by atoms with Crippen molar-refractivity contribution in [2.45, 2.75) is 19.4 Å². The van der Waals surface area contributed by atoms with E-state index in [1.165, 1.54) is 0 Å². The van der Waals surface area contributed by atoms with E-state index in [0.29, 0.717) is 12.3 Å². The Morgan fingerprint density at radius 1 is 1.20 bits per heavy atom. The number of hydrogen-bond acceptors (Lipinski definition) is 3. The second-order valence-corrected chi connectivity index (χ2v) is 6.99. The number of carbonyl (C=O) groups excluding carboxylic acids is 1. The smallest absolute Gasteiger partial charge is 0.270 e. The van der Waals surface area contributed by atoms with Gasteiger partial charge in [-0.2, -0.15) is 0 Å². The predicted molar refractivity (Wildman–Crippen MR) is 101 cm³/mol. The Hall–Kier alpha value is -2.40. The van der Waals surface area contributed by atoms with Crippen LogP contribution in [0.2, 0.25) is 0 Å². The summed E-state index contributed by atoms with van der Waals surface area (Å²) in [7, 11) is 0. The number of carbonyl (C=O) groups is 1. The molecule has 0 saturated heterocycles. The van der Waals surface area contributed by atoms with Crippen LogP contribution in [-0.2, 0) is 0 Å². The summed E-state index contributed by atoms with van der Waals surface area (Å²) < 4.78 is 6.64. The summed E-state index contributed by atoms with van der Waals surface area (Å²) in [5.74, 6) is 0.687. The molecule has 1 aromatic heterocycles. The number of aryl methyl sites for hydroxylation is 1. The van der Waals surface area contributed by atoms with Crippen LogP contribution in [0.15, 0.2) is 53.1 Å². The molecule has 2 aromatic carbocycles. The normalized spacial score (nSPS) is 16.2. The average molecular weight is 397 g/mol. The monoisotopic (exact) mass is 396 g/mol. The van der Waals surface area contributed by atoms with E-state index < -0.39 is 0 Å². The molecule has 2 heterocycles. The van der Waals surface area contributed by atoms with Gasteiger partial charge in [0.05, 0.1) is 12.6 Å². The quantitative estimate of drug-likeness (QED) is 0.690. The van der Waals surface area contributed by atoms with E-state index in [1.807, 2.05) is 49.4 Å². The van der Waals surface area contributed by atoms with Crippen LogP contribution in [0.1, 0.15) is 34.1 Å². The van der Waals surface area contributed by atoms with Gasteiger partial charge in [-0.3, -0.25) is 9.78 Å². The topological polar surface area (TPSA) is 51.2 Å². The van der Waals surface area contributed by atoms with Gasteiger partial charge in [-0.15, -0.1) is 0 Å². The Kier molecular flexibility index (Phi) is 4.17. The van der Waals surface area contributed by atoms with Crippen molar-refractivity contribution in [1.82, 2.24) is 10.3 Å². The SMILES string of the molecule is Cc1c(C(=O)N[C@H]2CCOc3ccccc32)ncc2c(Br)cccc12. The maximum absolute atomic E-state index is 12.8. The molecule has 0 radical (unpaired) electrons. The maximum Gasteiger partial charge on any atom is 0.270 e. The van der Waals surface area contributed by atoms with Crippen molar-refractivity contribution in [1.29, 1.82) is 0 Å². The number of benzene rings is 2. The first kappa shape index (κ1) is 16.1. The first-order chi connectivity index (χ1) is 12.1. The van der Waals surface area contributed by atoms with Gasteiger partial charge in [0.25, 0.3) is 5.91 Å². The van der Waals surface area contributed by atoms with E-state index >= 15 is 0 Å². The lowest BCUT2D eigenvalue weighted by molar-refractivity contribution is 0.0919. The average Bonchev–Trinajstić information content (AvgIpc) is 2.63. The summed E-state index contributed by atoms with van der Waals surface area (Å²) >= 11 is 3.54. The molecular formula is C20H17BrN2O2. The van der Waals surface area contributed by atoms with Crippen LogP contribution in [0.25, 0.3) is 10.8 Å². The fourth-order valence-corrected chi connectivity index (χ4v) is 3.76. The highest BCUT2D eigenvalue weighted by Gasteiger charge is 2.24. The summed E-state index contributed by atoms with van der Waals surface area (Å²) in [4.78, 5) is 17.3. The lowest BCUT2D eigenvalue weighted by Crippen LogP contribution is -2.33. The summed E-state index contributed by atoms with van der Waals surface area (Å²) in [5, 5.41) is 5.16. The molecule has 1 N–H and O–H groups in total. The number of para-hydroxylation sites is 1. The van der Waals surface area contributed by atoms with Gasteiger partial charge >= 0.3 is 0 Å². The molecule has 1 atom stereocenters. The first-order valence-corrected chi connectivity index (χ1v) is 9.01. The van der Waals surface area contributed by atoms with Crippen LogP contribution in [-0.4, -0.2) is 17.5 Å². The van der Waals surface area contributed by atoms with Crippen molar-refractivity contribution < 1.29 is 9.53 Å². The van der Waals surface area contributed by atoms with Crippen LogP contribution in [0.4, 0.5) is 0 Å². The fraction of sp³-hybridized carbons (Fsp3) is 0.200. The number of nitrogens with zero attached hydrogens (tertiary/aromatic N) is 1. The summed E-state index contributed by atoms with van der Waals surface area (Å²) in [6.07, 6.45) is 2.50. The van der Waals surface area contributed by atoms with E-state index in [4.69, 9.17) is 4.74 Å². The Morgan fingerprint density at radius 2 is 2.04 bits per heavy atom. The first-order valence-electron chi connectivity index (χ1n) is 8.21. The lowest BCUT2D eigenvalue weighted by atomic mass is 10.00. The third-order valence-electron chi connectivity index (χ3n) is 4.61. The minimum Gasteiger partial charge on any atom is -0.493 e. The second-order valence-electron chi connectivity index (χ2n) is 6.13. The Balaban J connectivity index is 1.67. The van der Waals surface area contributed by atoms with Crippen molar-refractivity contribution in [3.8, 4) is 5.75 Å². The highest BCUT2D eigenvalue weighted by atomic mass is 79.9. The van der Waals surface area contributed by atoms with Crippen LogP contribution in [0.5, 0.6) is 5.75 Å². The van der Waals surface area contributed by atoms with E-state index in [2.05, 4.69) is 26.2 Å². The molecule has 3 aromatic rings. The minimum atomic E-state index is -0.152. The van der Waals surface area contributed by atoms with Crippen LogP contribution < -0.4 is 10.1 Å². The molecule has 4 rings (SSSR count). The zero-order valence-corrected chi connectivity index (χ0v) is 15.3. The molecule has 0 saturated carbocycles. The van der Waals surface area contributed by atoms with E-state index in [0.717, 1.165) is 38.5 Å². The predicted octanol–water partition coefficient (Wildman–Crippen LogP) is 4.56. The van der Waals surface area contributed by atoms with Crippen LogP contribution >= 0.6 is 15.9 Å². The molecule has 1 aliphatic rings. The number of nitrogens with one attached hydrogen (secondary N) is 1. The van der Waals surface area contributed by atoms with Gasteiger partial charge in [0.15, 0.2) is 0 Å². The number of rotatable bonds is 2. The molecule has 126 valence electrons. The van der Waals surface area contributed by atoms with Crippen molar-refractivity contribution in [3.63, 3.8) is 0 Å². The fourth-order valence-electron chi connectivity index (χ4n) is 3.30. The van der Waals surface area contributed by atoms with Gasteiger partial charge in [0, 0.05) is 28.0 Å². The second kappa shape index (κ2) is 6.48. The summed E-state index contributed by atoms with van der Waals surface area (Å²) in [5.41, 5.74) is 2.37. The molecule has 5 heteroatoms. The molecule has 0 spiro atoms. The van der Waals surface area contributed by atoms with Gasteiger partial charge < -0.3 is 10.1 Å². The summed E-state index contributed by atoms with van der Waals surface area (Å²) in [6.45, 7) is 2.54. The number of hydrogen-bond donors (Lipinski definition) is 1. The Labute approximate surface area is 154 Å². The molecule has 0 aliphatic carbocycles. The van der Waals surface area contributed by atoms with Crippen molar-refractivity contribution in [2.75, 3.05) is 6.61 Å². The standard InChI is InChI=1S/C20H17BrN2O2/c1-12-13-6-4-7-16(21)15(13)11-22-19(12)20(24)23-17-9-10-25-18-8-3-2-5-14(17)18/h2-8,11,17H,9-10H2,1H3,(H,23,24)/t17-/m0/s1. The van der Waals surface area contributed by atoms with Gasteiger partial charge in [-0.25, -0.2) is 0 Å². The largest absolute Gasteiger partial charge is 0.493 e. The molecule has 4 nitrogen and oxygen atoms in total.